The van der Waals surface area contributed by atoms with Gasteiger partial charge in [0.15, 0.2) is 0 Å². The number of rotatable bonds is 3. The van der Waals surface area contributed by atoms with E-state index >= 15 is 0 Å². The lowest BCUT2D eigenvalue weighted by molar-refractivity contribution is -0.281. The second-order valence-corrected chi connectivity index (χ2v) is 1.93. The highest BCUT2D eigenvalue weighted by Gasteiger charge is 2.07. The van der Waals surface area contributed by atoms with Gasteiger partial charge in [-0.2, -0.15) is 3.17 Å². The second kappa shape index (κ2) is 4.33. The highest BCUT2D eigenvalue weighted by molar-refractivity contribution is 14.1. The fourth-order valence-electron chi connectivity index (χ4n) is 0.208. The molecule has 0 aliphatic heterocycles. The molecule has 0 saturated heterocycles. The van der Waals surface area contributed by atoms with Crippen molar-refractivity contribution in [2.75, 3.05) is 14.1 Å². The Balaban J connectivity index is 3.58. The molecule has 0 spiro atoms. The summed E-state index contributed by atoms with van der Waals surface area (Å²) in [5, 5.41) is 3.55. The van der Waals surface area contributed by atoms with Gasteiger partial charge in [-0.1, -0.05) is 5.23 Å². The Labute approximate surface area is 67.8 Å². The summed E-state index contributed by atoms with van der Waals surface area (Å²) in [6.07, 6.45) is 0. The summed E-state index contributed by atoms with van der Waals surface area (Å²) >= 11 is 1.61. The molecular formula is C2H10IN5O. The average molecular weight is 247 g/mol. The fourth-order valence-corrected chi connectivity index (χ4v) is 0.388. The molecule has 6 nitrogen and oxygen atoms in total. The number of nitrogens with zero attached hydrogens (tertiary/aromatic N) is 3. The number of hydrazine groups is 4. The van der Waals surface area contributed by atoms with Crippen molar-refractivity contribution in [1.29, 1.82) is 0 Å². The third-order valence-corrected chi connectivity index (χ3v) is 1.09. The molecule has 0 fully saturated rings. The quantitative estimate of drug-likeness (QED) is 0.379. The van der Waals surface area contributed by atoms with Crippen LogP contribution in [0, 0.1) is 0 Å². The monoisotopic (exact) mass is 247 g/mol. The van der Waals surface area contributed by atoms with Crippen molar-refractivity contribution in [3.8, 4) is 0 Å². The summed E-state index contributed by atoms with van der Waals surface area (Å²) in [6, 6.07) is 0. The Morgan fingerprint density at radius 2 is 1.78 bits per heavy atom. The fraction of sp³-hybridized carbons (Fsp3) is 1.00. The van der Waals surface area contributed by atoms with E-state index in [1.807, 2.05) is 0 Å². The van der Waals surface area contributed by atoms with E-state index in [9.17, 15) is 0 Å². The Hall–Kier alpha value is 0.490. The first kappa shape index (κ1) is 9.49. The molecule has 0 saturated carbocycles. The highest BCUT2D eigenvalue weighted by Crippen LogP contribution is 1.92. The maximum absolute atomic E-state index is 5.30. The molecule has 0 rings (SSSR count). The van der Waals surface area contributed by atoms with Gasteiger partial charge in [0.25, 0.3) is 0 Å². The van der Waals surface area contributed by atoms with Crippen LogP contribution in [0.1, 0.15) is 0 Å². The molecule has 0 amide bonds. The van der Waals surface area contributed by atoms with Gasteiger partial charge in [-0.05, 0) is 5.28 Å². The van der Waals surface area contributed by atoms with Crippen molar-refractivity contribution in [2.24, 2.45) is 11.7 Å². The molecule has 7 heteroatoms. The van der Waals surface area contributed by atoms with Gasteiger partial charge in [-0.3, -0.25) is 0 Å². The zero-order valence-corrected chi connectivity index (χ0v) is 7.44. The van der Waals surface area contributed by atoms with Crippen molar-refractivity contribution < 1.29 is 3.17 Å². The van der Waals surface area contributed by atoms with Crippen molar-refractivity contribution in [2.45, 2.75) is 0 Å². The van der Waals surface area contributed by atoms with E-state index < -0.39 is 0 Å². The molecule has 9 heavy (non-hydrogen) atoms. The van der Waals surface area contributed by atoms with E-state index in [0.717, 1.165) is 10.5 Å². The van der Waals surface area contributed by atoms with Gasteiger partial charge < -0.3 is 0 Å². The van der Waals surface area contributed by atoms with Crippen LogP contribution >= 0.6 is 23.0 Å². The number of nitrogens with two attached hydrogens (primary N) is 2. The summed E-state index contributed by atoms with van der Waals surface area (Å²) < 4.78 is 4.51. The molecule has 0 atom stereocenters. The van der Waals surface area contributed by atoms with Gasteiger partial charge in [0.2, 0.25) is 0 Å². The Morgan fingerprint density at radius 1 is 1.33 bits per heavy atom. The summed E-state index contributed by atoms with van der Waals surface area (Å²) in [4.78, 5) is 0. The molecule has 0 aromatic heterocycles. The van der Waals surface area contributed by atoms with E-state index in [1.54, 1.807) is 42.1 Å². The van der Waals surface area contributed by atoms with E-state index in [-0.39, 0.29) is 0 Å². The Kier molecular flexibility index (Phi) is 4.56. The summed E-state index contributed by atoms with van der Waals surface area (Å²) in [7, 11) is 3.46. The highest BCUT2D eigenvalue weighted by atomic mass is 127. The van der Waals surface area contributed by atoms with Gasteiger partial charge in [-0.15, -0.1) is 0 Å². The molecule has 56 valence electrons. The lowest BCUT2D eigenvalue weighted by Gasteiger charge is -2.27. The van der Waals surface area contributed by atoms with Crippen LogP contribution in [-0.2, 0) is 3.17 Å². The third kappa shape index (κ3) is 3.25. The van der Waals surface area contributed by atoms with E-state index in [0.29, 0.717) is 0 Å². The minimum Gasteiger partial charge on any atom is -0.237 e. The Bertz CT molecular complexity index is 79.4. The van der Waals surface area contributed by atoms with Crippen LogP contribution in [0.15, 0.2) is 0 Å². The lowest BCUT2D eigenvalue weighted by Crippen LogP contribution is -2.56. The normalized spacial score (nSPS) is 12.0. The molecule has 0 heterocycles. The van der Waals surface area contributed by atoms with E-state index in [4.69, 9.17) is 11.7 Å². The first-order valence-corrected chi connectivity index (χ1v) is 3.03. The van der Waals surface area contributed by atoms with Crippen LogP contribution in [0.3, 0.4) is 0 Å². The predicted octanol–water partition coefficient (Wildman–Crippen LogP) is -0.989. The first-order valence-electron chi connectivity index (χ1n) is 2.15. The van der Waals surface area contributed by atoms with Crippen LogP contribution < -0.4 is 11.7 Å². The maximum Gasteiger partial charge on any atom is 0.141 e. The van der Waals surface area contributed by atoms with Gasteiger partial charge in [0.1, 0.15) is 23.0 Å². The molecular weight excluding hydrogens is 237 g/mol. The number of halogens is 1. The summed E-state index contributed by atoms with van der Waals surface area (Å²) in [5.41, 5.74) is 0. The Morgan fingerprint density at radius 3 is 1.89 bits per heavy atom. The molecule has 0 aliphatic rings. The minimum atomic E-state index is 0.889. The zero-order chi connectivity index (χ0) is 7.44. The van der Waals surface area contributed by atoms with Crippen molar-refractivity contribution in [1.82, 2.24) is 15.5 Å². The maximum atomic E-state index is 5.30. The first-order chi connectivity index (χ1) is 4.09. The predicted molar refractivity (Wildman–Crippen MR) is 40.8 cm³/mol. The average Bonchev–Trinajstić information content (AvgIpc) is 1.84. The molecule has 0 aromatic rings. The van der Waals surface area contributed by atoms with Crippen LogP contribution in [0.2, 0.25) is 0 Å². The summed E-state index contributed by atoms with van der Waals surface area (Å²) in [6.45, 7) is 0. The molecule has 4 N–H and O–H groups in total. The van der Waals surface area contributed by atoms with Crippen molar-refractivity contribution >= 4 is 23.0 Å². The van der Waals surface area contributed by atoms with Gasteiger partial charge in [0.05, 0.1) is 0 Å². The minimum absolute atomic E-state index is 0.889. The SMILES string of the molecule is CN(C)N(N)N(N)OI. The summed E-state index contributed by atoms with van der Waals surface area (Å²) in [5.74, 6) is 10.5. The van der Waals surface area contributed by atoms with Gasteiger partial charge >= 0.3 is 0 Å². The topological polar surface area (TPSA) is 71.0 Å². The second-order valence-electron chi connectivity index (χ2n) is 1.54. The van der Waals surface area contributed by atoms with E-state index in [2.05, 4.69) is 3.17 Å². The standard InChI is InChI=1S/C2H10IN5O/c1-6(2)7(4)8(5)9-3/h4-5H2,1-2H3. The van der Waals surface area contributed by atoms with Crippen molar-refractivity contribution in [3.63, 3.8) is 0 Å². The molecule has 0 unspecified atom stereocenters. The van der Waals surface area contributed by atoms with Gasteiger partial charge in [-0.25, -0.2) is 16.7 Å². The molecule has 0 radical (unpaired) electrons. The van der Waals surface area contributed by atoms with Crippen LogP contribution in [-0.4, -0.2) is 29.6 Å². The van der Waals surface area contributed by atoms with E-state index in [1.165, 1.54) is 0 Å². The lowest BCUT2D eigenvalue weighted by atomic mass is 11.2. The van der Waals surface area contributed by atoms with Crippen LogP contribution in [0.4, 0.5) is 0 Å². The number of hydrogen-bond donors (Lipinski definition) is 2. The third-order valence-electron chi connectivity index (χ3n) is 0.682. The van der Waals surface area contributed by atoms with Crippen LogP contribution in [0.25, 0.3) is 0 Å². The van der Waals surface area contributed by atoms with Crippen LogP contribution in [0.5, 0.6) is 0 Å². The molecule has 0 aromatic carbocycles. The molecule has 0 aliphatic carbocycles. The van der Waals surface area contributed by atoms with Gasteiger partial charge in [0, 0.05) is 14.1 Å². The number of hydrogen-bond acceptors (Lipinski definition) is 6. The largest absolute Gasteiger partial charge is 0.237 e. The zero-order valence-electron chi connectivity index (χ0n) is 5.28. The smallest absolute Gasteiger partial charge is 0.141 e. The van der Waals surface area contributed by atoms with Crippen molar-refractivity contribution in [3.05, 3.63) is 0 Å². The molecule has 0 bridgehead atoms.